The van der Waals surface area contributed by atoms with Crippen molar-refractivity contribution in [2.24, 2.45) is 7.05 Å². The van der Waals surface area contributed by atoms with E-state index in [0.29, 0.717) is 12.8 Å². The fraction of sp³-hybridized carbons (Fsp3) is 0.176. The third-order valence-corrected chi connectivity index (χ3v) is 3.57. The topological polar surface area (TPSA) is 34.9 Å². The maximum absolute atomic E-state index is 12.4. The summed E-state index contributed by atoms with van der Waals surface area (Å²) in [6, 6.07) is 15.8. The quantitative estimate of drug-likeness (QED) is 0.677. The van der Waals surface area contributed by atoms with Crippen molar-refractivity contribution in [3.05, 3.63) is 66.1 Å². The van der Waals surface area contributed by atoms with Crippen LogP contribution in [0, 0.1) is 0 Å². The Hall–Kier alpha value is -2.42. The van der Waals surface area contributed by atoms with Gasteiger partial charge in [0.25, 0.3) is 0 Å². The van der Waals surface area contributed by atoms with Crippen molar-refractivity contribution in [1.29, 1.82) is 0 Å². The number of aryl methyl sites for hydroxylation is 2. The van der Waals surface area contributed by atoms with E-state index in [-0.39, 0.29) is 5.78 Å². The number of carbonyl (C=O) groups is 1. The summed E-state index contributed by atoms with van der Waals surface area (Å²) in [6.07, 6.45) is 2.93. The van der Waals surface area contributed by atoms with E-state index in [2.05, 4.69) is 4.98 Å². The van der Waals surface area contributed by atoms with E-state index in [1.165, 1.54) is 0 Å². The molecule has 0 saturated carbocycles. The highest BCUT2D eigenvalue weighted by Crippen LogP contribution is 2.19. The highest BCUT2D eigenvalue weighted by atomic mass is 16.1. The van der Waals surface area contributed by atoms with Gasteiger partial charge in [0, 0.05) is 36.3 Å². The molecule has 0 radical (unpaired) electrons. The Morgan fingerprint density at radius 1 is 1.15 bits per heavy atom. The van der Waals surface area contributed by atoms with Crippen molar-refractivity contribution in [2.75, 3.05) is 0 Å². The van der Waals surface area contributed by atoms with Gasteiger partial charge in [0.2, 0.25) is 0 Å². The van der Waals surface area contributed by atoms with Gasteiger partial charge < -0.3 is 4.57 Å². The van der Waals surface area contributed by atoms with Crippen molar-refractivity contribution in [3.63, 3.8) is 0 Å². The number of fused-ring (bicyclic) bond motifs is 1. The van der Waals surface area contributed by atoms with Crippen LogP contribution in [0.5, 0.6) is 0 Å². The van der Waals surface area contributed by atoms with Crippen molar-refractivity contribution >= 4 is 16.7 Å². The monoisotopic (exact) mass is 264 g/mol. The van der Waals surface area contributed by atoms with Crippen molar-refractivity contribution < 1.29 is 4.79 Å². The second-order valence-electron chi connectivity index (χ2n) is 4.89. The number of aromatic nitrogens is 2. The summed E-state index contributed by atoms with van der Waals surface area (Å²) in [4.78, 5) is 16.6. The molecule has 3 nitrogen and oxygen atoms in total. The van der Waals surface area contributed by atoms with Gasteiger partial charge in [-0.05, 0) is 30.7 Å². The van der Waals surface area contributed by atoms with E-state index in [0.717, 1.165) is 22.3 Å². The van der Waals surface area contributed by atoms with Crippen molar-refractivity contribution in [2.45, 2.75) is 12.8 Å². The third kappa shape index (κ3) is 2.35. The van der Waals surface area contributed by atoms with Crippen LogP contribution in [0.25, 0.3) is 10.9 Å². The fourth-order valence-electron chi connectivity index (χ4n) is 2.47. The molecule has 3 heteroatoms. The van der Waals surface area contributed by atoms with E-state index in [4.69, 9.17) is 0 Å². The van der Waals surface area contributed by atoms with Crippen LogP contribution in [0.15, 0.2) is 54.7 Å². The lowest BCUT2D eigenvalue weighted by atomic mass is 10.1. The molecule has 0 fully saturated rings. The third-order valence-electron chi connectivity index (χ3n) is 3.57. The first-order valence-corrected chi connectivity index (χ1v) is 6.73. The Kier molecular flexibility index (Phi) is 3.33. The van der Waals surface area contributed by atoms with Gasteiger partial charge in [-0.25, -0.2) is 0 Å². The lowest BCUT2D eigenvalue weighted by molar-refractivity contribution is 0.0975. The molecule has 20 heavy (non-hydrogen) atoms. The fourth-order valence-corrected chi connectivity index (χ4v) is 2.47. The summed E-state index contributed by atoms with van der Waals surface area (Å²) < 4.78 is 1.97. The van der Waals surface area contributed by atoms with Gasteiger partial charge in [-0.2, -0.15) is 0 Å². The number of rotatable bonds is 4. The minimum absolute atomic E-state index is 0.161. The average Bonchev–Trinajstić information content (AvgIpc) is 2.84. The normalized spacial score (nSPS) is 10.8. The van der Waals surface area contributed by atoms with Crippen LogP contribution < -0.4 is 0 Å². The molecule has 0 aliphatic carbocycles. The first-order chi connectivity index (χ1) is 9.75. The number of hydrogen-bond donors (Lipinski definition) is 0. The van der Waals surface area contributed by atoms with Crippen molar-refractivity contribution in [1.82, 2.24) is 9.55 Å². The predicted octanol–water partition coefficient (Wildman–Crippen LogP) is 3.39. The molecule has 0 aliphatic rings. The number of nitrogens with zero attached hydrogens (tertiary/aromatic N) is 2. The van der Waals surface area contributed by atoms with E-state index >= 15 is 0 Å². The maximum Gasteiger partial charge on any atom is 0.179 e. The second-order valence-corrected chi connectivity index (χ2v) is 4.89. The van der Waals surface area contributed by atoms with Gasteiger partial charge >= 0.3 is 0 Å². The van der Waals surface area contributed by atoms with Gasteiger partial charge in [0.05, 0.1) is 5.69 Å². The molecule has 2 aromatic heterocycles. The van der Waals surface area contributed by atoms with Crippen molar-refractivity contribution in [3.8, 4) is 0 Å². The molecule has 3 aromatic rings. The summed E-state index contributed by atoms with van der Waals surface area (Å²) in [6.45, 7) is 0. The Morgan fingerprint density at radius 2 is 1.95 bits per heavy atom. The molecule has 100 valence electrons. The summed E-state index contributed by atoms with van der Waals surface area (Å²) in [7, 11) is 1.94. The number of hydrogen-bond acceptors (Lipinski definition) is 2. The average molecular weight is 264 g/mol. The summed E-state index contributed by atoms with van der Waals surface area (Å²) in [5, 5.41) is 1.11. The van der Waals surface area contributed by atoms with Gasteiger partial charge in [-0.1, -0.05) is 24.3 Å². The Morgan fingerprint density at radius 3 is 2.70 bits per heavy atom. The van der Waals surface area contributed by atoms with Crippen LogP contribution in [0.3, 0.4) is 0 Å². The van der Waals surface area contributed by atoms with E-state index < -0.39 is 0 Å². The van der Waals surface area contributed by atoms with E-state index in [1.807, 2.05) is 60.1 Å². The Balaban J connectivity index is 1.81. The first-order valence-electron chi connectivity index (χ1n) is 6.73. The highest BCUT2D eigenvalue weighted by molar-refractivity contribution is 6.00. The highest BCUT2D eigenvalue weighted by Gasteiger charge is 2.13. The van der Waals surface area contributed by atoms with Crippen LogP contribution in [0.1, 0.15) is 22.6 Å². The smallest absolute Gasteiger partial charge is 0.179 e. The number of carbonyl (C=O) groups excluding carboxylic acids is 1. The molecule has 0 unspecified atom stereocenters. The maximum atomic E-state index is 12.4. The molecule has 0 amide bonds. The number of Topliss-reactive ketones (excluding diaryl/α,β-unsaturated/α-hetero) is 1. The molecule has 0 aliphatic heterocycles. The van der Waals surface area contributed by atoms with E-state index in [1.54, 1.807) is 6.20 Å². The van der Waals surface area contributed by atoms with Crippen LogP contribution in [0.2, 0.25) is 0 Å². The van der Waals surface area contributed by atoms with E-state index in [9.17, 15) is 4.79 Å². The number of para-hydroxylation sites is 1. The standard InChI is InChI=1S/C17H16N2O/c1-19-15-8-3-2-6-13(15)12-16(19)17(20)10-9-14-7-4-5-11-18-14/h2-8,11-12H,9-10H2,1H3. The molecule has 0 atom stereocenters. The largest absolute Gasteiger partial charge is 0.341 e. The number of pyridine rings is 1. The first kappa shape index (κ1) is 12.6. The molecule has 3 rings (SSSR count). The Bertz CT molecular complexity index is 744. The predicted molar refractivity (Wildman–Crippen MR) is 79.8 cm³/mol. The summed E-state index contributed by atoms with van der Waals surface area (Å²) in [5.41, 5.74) is 2.82. The molecule has 0 bridgehead atoms. The van der Waals surface area contributed by atoms with Gasteiger partial charge in [0.1, 0.15) is 0 Å². The zero-order valence-electron chi connectivity index (χ0n) is 11.4. The molecular weight excluding hydrogens is 248 g/mol. The zero-order chi connectivity index (χ0) is 13.9. The Labute approximate surface area is 117 Å². The van der Waals surface area contributed by atoms with Gasteiger partial charge in [0.15, 0.2) is 5.78 Å². The lowest BCUT2D eigenvalue weighted by Gasteiger charge is -2.03. The molecule has 0 saturated heterocycles. The minimum atomic E-state index is 0.161. The SMILES string of the molecule is Cn1c(C(=O)CCc2ccccn2)cc2ccccc21. The molecule has 1 aromatic carbocycles. The molecular formula is C17H16N2O. The lowest BCUT2D eigenvalue weighted by Crippen LogP contribution is -2.07. The minimum Gasteiger partial charge on any atom is -0.341 e. The molecule has 0 N–H and O–H groups in total. The number of ketones is 1. The van der Waals surface area contributed by atoms with Crippen LogP contribution >= 0.6 is 0 Å². The van der Waals surface area contributed by atoms with Crippen LogP contribution in [-0.4, -0.2) is 15.3 Å². The summed E-state index contributed by atoms with van der Waals surface area (Å²) in [5.74, 6) is 0.161. The van der Waals surface area contributed by atoms with Crippen LogP contribution in [0.4, 0.5) is 0 Å². The second kappa shape index (κ2) is 5.29. The summed E-state index contributed by atoms with van der Waals surface area (Å²) >= 11 is 0. The van der Waals surface area contributed by atoms with Gasteiger partial charge in [-0.3, -0.25) is 9.78 Å². The molecule has 0 spiro atoms. The van der Waals surface area contributed by atoms with Crippen LogP contribution in [-0.2, 0) is 13.5 Å². The number of benzene rings is 1. The molecule has 2 heterocycles. The zero-order valence-corrected chi connectivity index (χ0v) is 11.4. The van der Waals surface area contributed by atoms with Gasteiger partial charge in [-0.15, -0.1) is 0 Å².